The van der Waals surface area contributed by atoms with Crippen LogP contribution in [-0.2, 0) is 22.4 Å². The lowest BCUT2D eigenvalue weighted by molar-refractivity contribution is -0.124. The van der Waals surface area contributed by atoms with E-state index >= 15 is 0 Å². The monoisotopic (exact) mass is 564 g/mol. The number of aryl methyl sites for hydroxylation is 1. The Labute approximate surface area is 232 Å². The summed E-state index contributed by atoms with van der Waals surface area (Å²) in [5, 5.41) is 6.92. The second-order valence-corrected chi connectivity index (χ2v) is 11.6. The van der Waals surface area contributed by atoms with E-state index in [1.807, 2.05) is 0 Å². The lowest BCUT2D eigenvalue weighted by Crippen LogP contribution is -2.51. The van der Waals surface area contributed by atoms with Crippen LogP contribution in [0.4, 0.5) is 19.0 Å². The van der Waals surface area contributed by atoms with Gasteiger partial charge in [-0.25, -0.2) is 23.1 Å². The highest BCUT2D eigenvalue weighted by Gasteiger charge is 2.31. The Bertz CT molecular complexity index is 1180. The fourth-order valence-corrected chi connectivity index (χ4v) is 6.56. The van der Waals surface area contributed by atoms with Gasteiger partial charge in [-0.15, -0.1) is 0 Å². The van der Waals surface area contributed by atoms with E-state index in [-0.39, 0.29) is 28.7 Å². The Morgan fingerprint density at radius 1 is 1.18 bits per heavy atom. The van der Waals surface area contributed by atoms with Crippen LogP contribution in [0.5, 0.6) is 0 Å². The van der Waals surface area contributed by atoms with E-state index in [1.165, 1.54) is 12.1 Å². The number of morpholine rings is 1. The zero-order chi connectivity index (χ0) is 27.5. The smallest absolute Gasteiger partial charge is 0.266 e. The molecule has 6 nitrogen and oxygen atoms in total. The maximum atomic E-state index is 14.8. The van der Waals surface area contributed by atoms with E-state index < -0.39 is 23.8 Å². The first-order valence-corrected chi connectivity index (χ1v) is 14.4. The summed E-state index contributed by atoms with van der Waals surface area (Å²) in [7, 11) is 0. The maximum absolute atomic E-state index is 14.8. The summed E-state index contributed by atoms with van der Waals surface area (Å²) in [6.45, 7) is 3.14. The number of hydrogen-bond donors (Lipinski definition) is 2. The minimum atomic E-state index is -2.89. The lowest BCUT2D eigenvalue weighted by atomic mass is 9.80. The van der Waals surface area contributed by atoms with Crippen molar-refractivity contribution in [3.05, 3.63) is 51.7 Å². The number of aromatic nitrogens is 2. The Morgan fingerprint density at radius 3 is 2.79 bits per heavy atom. The number of hydrogen-bond acceptors (Lipinski definition) is 6. The molecule has 0 spiro atoms. The first-order valence-electron chi connectivity index (χ1n) is 14.0. The zero-order valence-electron chi connectivity index (χ0n) is 22.2. The third kappa shape index (κ3) is 6.74. The molecule has 1 aromatic heterocycles. The Hall–Kier alpha value is -2.23. The summed E-state index contributed by atoms with van der Waals surface area (Å²) in [6.07, 6.45) is 4.59. The number of carbonyl (C=O) groups excluding carboxylic acids is 1. The van der Waals surface area contributed by atoms with Crippen LogP contribution >= 0.6 is 11.6 Å². The second-order valence-electron chi connectivity index (χ2n) is 11.3. The molecule has 0 amide bonds. The molecule has 2 N–H and O–H groups in total. The van der Waals surface area contributed by atoms with Crippen molar-refractivity contribution in [3.63, 3.8) is 0 Å². The van der Waals surface area contributed by atoms with Crippen molar-refractivity contribution in [1.82, 2.24) is 15.3 Å². The lowest BCUT2D eigenvalue weighted by Gasteiger charge is -2.35. The van der Waals surface area contributed by atoms with E-state index in [1.54, 1.807) is 6.92 Å². The summed E-state index contributed by atoms with van der Waals surface area (Å²) in [4.78, 5) is 22.0. The molecule has 4 unspecified atom stereocenters. The fourth-order valence-electron chi connectivity index (χ4n) is 6.37. The standard InChI is InChI=1S/C29H36ClF3N4O2/c1-16(21-6-3-7-22(26(21)31)27(32)33)34-28-23-12-17(8-10-24(23)36-29(30)37-28)9-11-25(38)18-4-2-5-19-14-39-15-20(13-18)35-19/h3,6-7,16-20,27,35H,2,4-5,8-15H2,1H3,(H,34,36,37)/t16-,17?,18?,19?,20?/m1/s1. The maximum Gasteiger partial charge on any atom is 0.266 e. The van der Waals surface area contributed by atoms with Crippen molar-refractivity contribution < 1.29 is 22.7 Å². The molecule has 39 heavy (non-hydrogen) atoms. The van der Waals surface area contributed by atoms with E-state index in [0.717, 1.165) is 62.5 Å². The molecule has 2 aliphatic heterocycles. The molecular weight excluding hydrogens is 529 g/mol. The quantitative estimate of drug-likeness (QED) is 0.362. The fraction of sp³-hybridized carbons (Fsp3) is 0.621. The molecule has 212 valence electrons. The first kappa shape index (κ1) is 28.3. The molecule has 2 bridgehead atoms. The van der Waals surface area contributed by atoms with Crippen LogP contribution in [0.25, 0.3) is 0 Å². The van der Waals surface area contributed by atoms with Gasteiger partial charge >= 0.3 is 0 Å². The van der Waals surface area contributed by atoms with Crippen LogP contribution in [-0.4, -0.2) is 41.0 Å². The molecule has 3 aliphatic rings. The molecular formula is C29H36ClF3N4O2. The Balaban J connectivity index is 1.24. The van der Waals surface area contributed by atoms with Crippen LogP contribution in [0, 0.1) is 17.7 Å². The third-order valence-electron chi connectivity index (χ3n) is 8.50. The highest BCUT2D eigenvalue weighted by molar-refractivity contribution is 6.28. The summed E-state index contributed by atoms with van der Waals surface area (Å²) in [5.41, 5.74) is 1.26. The van der Waals surface area contributed by atoms with E-state index in [2.05, 4.69) is 20.6 Å². The van der Waals surface area contributed by atoms with Gasteiger partial charge < -0.3 is 15.4 Å². The predicted octanol–water partition coefficient (Wildman–Crippen LogP) is 6.38. The predicted molar refractivity (Wildman–Crippen MR) is 144 cm³/mol. The van der Waals surface area contributed by atoms with Gasteiger partial charge in [0.15, 0.2) is 0 Å². The van der Waals surface area contributed by atoms with Crippen molar-refractivity contribution in [2.24, 2.45) is 11.8 Å². The Morgan fingerprint density at radius 2 is 1.97 bits per heavy atom. The van der Waals surface area contributed by atoms with Crippen molar-refractivity contribution in [3.8, 4) is 0 Å². The van der Waals surface area contributed by atoms with Crippen LogP contribution < -0.4 is 10.6 Å². The molecule has 2 saturated heterocycles. The molecule has 1 aromatic carbocycles. The van der Waals surface area contributed by atoms with Crippen molar-refractivity contribution in [2.75, 3.05) is 18.5 Å². The van der Waals surface area contributed by atoms with Gasteiger partial charge in [-0.1, -0.05) is 24.6 Å². The van der Waals surface area contributed by atoms with Crippen molar-refractivity contribution in [2.45, 2.75) is 89.3 Å². The van der Waals surface area contributed by atoms with Gasteiger partial charge in [0.05, 0.1) is 30.5 Å². The van der Waals surface area contributed by atoms with Gasteiger partial charge in [-0.3, -0.25) is 4.79 Å². The number of carbonyl (C=O) groups is 1. The minimum absolute atomic E-state index is 0.0696. The Kier molecular flexibility index (Phi) is 9.09. The number of rotatable bonds is 8. The average molecular weight is 565 g/mol. The number of nitrogens with zero attached hydrogens (tertiary/aromatic N) is 2. The van der Waals surface area contributed by atoms with Gasteiger partial charge in [-0.2, -0.15) is 0 Å². The largest absolute Gasteiger partial charge is 0.378 e. The number of ketones is 1. The number of Topliss-reactive ketones (excluding diaryl/α,β-unsaturated/α-hetero) is 1. The number of nitrogens with one attached hydrogen (secondary N) is 2. The summed E-state index contributed by atoms with van der Waals surface area (Å²) < 4.78 is 47.0. The highest BCUT2D eigenvalue weighted by Crippen LogP contribution is 2.35. The van der Waals surface area contributed by atoms with E-state index in [0.29, 0.717) is 43.5 Å². The molecule has 1 aliphatic carbocycles. The minimum Gasteiger partial charge on any atom is -0.378 e. The van der Waals surface area contributed by atoms with Crippen molar-refractivity contribution in [1.29, 1.82) is 0 Å². The average Bonchev–Trinajstić information content (AvgIpc) is 2.90. The highest BCUT2D eigenvalue weighted by atomic mass is 35.5. The van der Waals surface area contributed by atoms with Crippen molar-refractivity contribution >= 4 is 23.2 Å². The van der Waals surface area contributed by atoms with Gasteiger partial charge in [-0.05, 0) is 69.4 Å². The number of halogens is 4. The molecule has 10 heteroatoms. The number of anilines is 1. The van der Waals surface area contributed by atoms with Gasteiger partial charge in [0.1, 0.15) is 17.4 Å². The topological polar surface area (TPSA) is 76.1 Å². The molecule has 0 radical (unpaired) electrons. The normalized spacial score (nSPS) is 25.9. The van der Waals surface area contributed by atoms with Crippen LogP contribution in [0.1, 0.15) is 86.7 Å². The third-order valence-corrected chi connectivity index (χ3v) is 8.67. The van der Waals surface area contributed by atoms with Gasteiger partial charge in [0.25, 0.3) is 6.43 Å². The summed E-state index contributed by atoms with van der Waals surface area (Å²) >= 11 is 6.20. The van der Waals surface area contributed by atoms with Gasteiger partial charge in [0.2, 0.25) is 5.28 Å². The van der Waals surface area contributed by atoms with Gasteiger partial charge in [0, 0.05) is 35.5 Å². The molecule has 5 atom stereocenters. The number of alkyl halides is 2. The zero-order valence-corrected chi connectivity index (χ0v) is 23.0. The van der Waals surface area contributed by atoms with E-state index in [4.69, 9.17) is 16.3 Å². The number of ether oxygens (including phenoxy) is 1. The molecule has 2 aromatic rings. The molecule has 0 saturated carbocycles. The molecule has 3 heterocycles. The SMILES string of the molecule is C[C@@H](Nc1nc(Cl)nc2c1CC(CCC(=O)C1CCCC3COCC(C1)N3)CC2)c1cccc(C(F)F)c1F. The number of benzene rings is 1. The number of fused-ring (bicyclic) bond motifs is 3. The summed E-state index contributed by atoms with van der Waals surface area (Å²) in [6, 6.07) is 4.07. The molecule has 5 rings (SSSR count). The van der Waals surface area contributed by atoms with Crippen LogP contribution in [0.15, 0.2) is 18.2 Å². The summed E-state index contributed by atoms with van der Waals surface area (Å²) in [5.74, 6) is 0.265. The first-order chi connectivity index (χ1) is 18.8. The van der Waals surface area contributed by atoms with Crippen LogP contribution in [0.3, 0.4) is 0 Å². The second kappa shape index (κ2) is 12.5. The van der Waals surface area contributed by atoms with E-state index in [9.17, 15) is 18.0 Å². The van der Waals surface area contributed by atoms with Crippen LogP contribution in [0.2, 0.25) is 5.28 Å². The molecule has 2 fully saturated rings.